The summed E-state index contributed by atoms with van der Waals surface area (Å²) in [6, 6.07) is 17.6. The van der Waals surface area contributed by atoms with Gasteiger partial charge in [0.2, 0.25) is 5.91 Å². The predicted octanol–water partition coefficient (Wildman–Crippen LogP) is 4.61. The summed E-state index contributed by atoms with van der Waals surface area (Å²) in [5, 5.41) is 5.99. The number of fused-ring (bicyclic) bond motifs is 1. The number of amides is 3. The molecule has 0 bridgehead atoms. The van der Waals surface area contributed by atoms with E-state index < -0.39 is 11.9 Å². The Balaban J connectivity index is 1.45. The van der Waals surface area contributed by atoms with Crippen molar-refractivity contribution in [3.63, 3.8) is 0 Å². The third kappa shape index (κ3) is 6.12. The lowest BCUT2D eigenvalue weighted by molar-refractivity contribution is -0.120. The minimum atomic E-state index is -0.862. The summed E-state index contributed by atoms with van der Waals surface area (Å²) in [6.07, 6.45) is 3.34. The van der Waals surface area contributed by atoms with E-state index in [0.29, 0.717) is 44.8 Å². The Bertz CT molecular complexity index is 1600. The second kappa shape index (κ2) is 12.1. The van der Waals surface area contributed by atoms with Gasteiger partial charge in [0, 0.05) is 29.9 Å². The van der Waals surface area contributed by atoms with Crippen molar-refractivity contribution in [1.82, 2.24) is 14.9 Å². The van der Waals surface area contributed by atoms with E-state index in [1.54, 1.807) is 66.9 Å². The Kier molecular flexibility index (Phi) is 8.11. The highest BCUT2D eigenvalue weighted by Gasteiger charge is 2.36. The molecule has 208 valence electrons. The first-order valence-corrected chi connectivity index (χ1v) is 13.0. The number of methoxy groups -OCH3 is 2. The summed E-state index contributed by atoms with van der Waals surface area (Å²) >= 11 is 6.15. The number of halogens is 1. The first-order chi connectivity index (χ1) is 19.9. The largest absolute Gasteiger partial charge is 0.496 e. The molecule has 0 fully saturated rings. The maximum atomic E-state index is 13.8. The van der Waals surface area contributed by atoms with E-state index in [-0.39, 0.29) is 30.3 Å². The number of aromatic nitrogens is 2. The monoisotopic (exact) mass is 571 g/mol. The van der Waals surface area contributed by atoms with Gasteiger partial charge in [-0.1, -0.05) is 23.7 Å². The number of benzene rings is 2. The second-order valence-electron chi connectivity index (χ2n) is 9.23. The molecule has 5 rings (SSSR count). The number of nitrogens with zero attached hydrogens (tertiary/aromatic N) is 3. The highest BCUT2D eigenvalue weighted by molar-refractivity contribution is 6.31. The van der Waals surface area contributed by atoms with Crippen molar-refractivity contribution in [2.24, 2.45) is 0 Å². The highest BCUT2D eigenvalue weighted by Crippen LogP contribution is 2.30. The molecule has 11 heteroatoms. The number of nitrogens with one attached hydrogen (secondary N) is 2. The number of hydrogen-bond acceptors (Lipinski definition) is 7. The molecule has 1 aliphatic rings. The van der Waals surface area contributed by atoms with E-state index in [2.05, 4.69) is 20.6 Å². The molecule has 2 N–H and O–H groups in total. The zero-order valence-corrected chi connectivity index (χ0v) is 23.0. The lowest BCUT2D eigenvalue weighted by Crippen LogP contribution is -2.46. The standard InChI is InChI=1S/C30H26ClN5O5/c1-40-21-8-11-27(33-16-21)35-28(37)23-9-6-18(13-26(23)41-2)17-36-25(15-20-5-3-4-12-32-20)29(38)34-24-14-19(31)7-10-22(24)30(36)39/h3-14,16,25H,15,17H2,1-2H3,(H,34,38)(H,33,35,37)/t25-/m1/s1. The molecular weight excluding hydrogens is 546 g/mol. The molecular formula is C30H26ClN5O5. The molecule has 1 aliphatic heterocycles. The molecule has 0 spiro atoms. The molecule has 4 aromatic rings. The van der Waals surface area contributed by atoms with Crippen molar-refractivity contribution in [2.45, 2.75) is 19.0 Å². The topological polar surface area (TPSA) is 123 Å². The van der Waals surface area contributed by atoms with Gasteiger partial charge in [0.25, 0.3) is 11.8 Å². The Hall–Kier alpha value is -4.96. The van der Waals surface area contributed by atoms with Crippen molar-refractivity contribution >= 4 is 40.8 Å². The summed E-state index contributed by atoms with van der Waals surface area (Å²) in [7, 11) is 2.98. The Morgan fingerprint density at radius 3 is 2.59 bits per heavy atom. The molecule has 41 heavy (non-hydrogen) atoms. The van der Waals surface area contributed by atoms with Crippen LogP contribution < -0.4 is 20.1 Å². The molecule has 10 nitrogen and oxygen atoms in total. The maximum absolute atomic E-state index is 13.8. The minimum absolute atomic E-state index is 0.0735. The summed E-state index contributed by atoms with van der Waals surface area (Å²) in [6.45, 7) is 0.0735. The fourth-order valence-electron chi connectivity index (χ4n) is 4.54. The molecule has 0 saturated heterocycles. The van der Waals surface area contributed by atoms with Crippen molar-refractivity contribution in [2.75, 3.05) is 24.9 Å². The lowest BCUT2D eigenvalue weighted by atomic mass is 10.0. The summed E-state index contributed by atoms with van der Waals surface area (Å²) < 4.78 is 10.6. The van der Waals surface area contributed by atoms with Crippen LogP contribution in [-0.4, -0.2) is 52.9 Å². The average molecular weight is 572 g/mol. The summed E-state index contributed by atoms with van der Waals surface area (Å²) in [4.78, 5) is 50.3. The zero-order chi connectivity index (χ0) is 28.9. The van der Waals surface area contributed by atoms with Crippen LogP contribution >= 0.6 is 11.6 Å². The third-order valence-corrected chi connectivity index (χ3v) is 6.85. The molecule has 2 aromatic carbocycles. The lowest BCUT2D eigenvalue weighted by Gasteiger charge is -2.29. The molecule has 0 aliphatic carbocycles. The van der Waals surface area contributed by atoms with Crippen LogP contribution in [-0.2, 0) is 17.8 Å². The van der Waals surface area contributed by atoms with Crippen LogP contribution in [0.5, 0.6) is 11.5 Å². The molecule has 3 amide bonds. The smallest absolute Gasteiger partial charge is 0.260 e. The van der Waals surface area contributed by atoms with E-state index in [0.717, 1.165) is 0 Å². The van der Waals surface area contributed by atoms with Crippen LogP contribution in [0.1, 0.15) is 32.0 Å². The van der Waals surface area contributed by atoms with Crippen LogP contribution in [0.25, 0.3) is 0 Å². The van der Waals surface area contributed by atoms with Crippen LogP contribution in [0.15, 0.2) is 79.1 Å². The van der Waals surface area contributed by atoms with Gasteiger partial charge < -0.3 is 25.0 Å². The van der Waals surface area contributed by atoms with Gasteiger partial charge in [-0.15, -0.1) is 0 Å². The zero-order valence-electron chi connectivity index (χ0n) is 22.3. The quantitative estimate of drug-likeness (QED) is 0.317. The number of carbonyl (C=O) groups is 3. The minimum Gasteiger partial charge on any atom is -0.496 e. The first kappa shape index (κ1) is 27.6. The molecule has 3 heterocycles. The van der Waals surface area contributed by atoms with Gasteiger partial charge in [-0.3, -0.25) is 19.4 Å². The number of anilines is 2. The maximum Gasteiger partial charge on any atom is 0.260 e. The van der Waals surface area contributed by atoms with Gasteiger partial charge >= 0.3 is 0 Å². The van der Waals surface area contributed by atoms with Gasteiger partial charge in [-0.25, -0.2) is 4.98 Å². The summed E-state index contributed by atoms with van der Waals surface area (Å²) in [5.74, 6) is 0.0825. The Morgan fingerprint density at radius 1 is 1.02 bits per heavy atom. The van der Waals surface area contributed by atoms with Gasteiger partial charge in [-0.2, -0.15) is 0 Å². The number of ether oxygens (including phenoxy) is 2. The van der Waals surface area contributed by atoms with Crippen LogP contribution in [0.2, 0.25) is 5.02 Å². The van der Waals surface area contributed by atoms with Gasteiger partial charge in [0.15, 0.2) is 0 Å². The molecule has 1 atom stereocenters. The van der Waals surface area contributed by atoms with Crippen LogP contribution in [0, 0.1) is 0 Å². The van der Waals surface area contributed by atoms with Gasteiger partial charge in [0.1, 0.15) is 23.4 Å². The van der Waals surface area contributed by atoms with Crippen molar-refractivity contribution < 1.29 is 23.9 Å². The van der Waals surface area contributed by atoms with E-state index in [9.17, 15) is 14.4 Å². The fourth-order valence-corrected chi connectivity index (χ4v) is 4.71. The predicted molar refractivity (Wildman–Crippen MR) is 153 cm³/mol. The van der Waals surface area contributed by atoms with Gasteiger partial charge in [0.05, 0.1) is 37.2 Å². The molecule has 2 aromatic heterocycles. The molecule has 0 saturated carbocycles. The van der Waals surface area contributed by atoms with Crippen LogP contribution in [0.4, 0.5) is 11.5 Å². The average Bonchev–Trinajstić information content (AvgIpc) is 3.07. The Labute approximate surface area is 241 Å². The van der Waals surface area contributed by atoms with Gasteiger partial charge in [-0.05, 0) is 60.2 Å². The summed E-state index contributed by atoms with van der Waals surface area (Å²) in [5.41, 5.74) is 2.26. The van der Waals surface area contributed by atoms with Crippen molar-refractivity contribution in [3.8, 4) is 11.5 Å². The van der Waals surface area contributed by atoms with E-state index in [1.165, 1.54) is 25.3 Å². The van der Waals surface area contributed by atoms with E-state index >= 15 is 0 Å². The number of rotatable bonds is 8. The number of pyridine rings is 2. The normalized spacial score (nSPS) is 14.5. The molecule has 0 radical (unpaired) electrons. The number of hydrogen-bond donors (Lipinski definition) is 2. The number of carbonyl (C=O) groups excluding carboxylic acids is 3. The SMILES string of the molecule is COc1ccc(NC(=O)c2ccc(CN3C(=O)c4ccc(Cl)cc4NC(=O)[C@H]3Cc3ccccn3)cc2OC)nc1. The highest BCUT2D eigenvalue weighted by atomic mass is 35.5. The molecule has 0 unspecified atom stereocenters. The van der Waals surface area contributed by atoms with Crippen LogP contribution in [0.3, 0.4) is 0 Å². The first-order valence-electron chi connectivity index (χ1n) is 12.7. The second-order valence-corrected chi connectivity index (χ2v) is 9.66. The third-order valence-electron chi connectivity index (χ3n) is 6.62. The fraction of sp³-hybridized carbons (Fsp3) is 0.167. The van der Waals surface area contributed by atoms with Crippen molar-refractivity contribution in [1.29, 1.82) is 0 Å². The Morgan fingerprint density at radius 2 is 1.88 bits per heavy atom. The van der Waals surface area contributed by atoms with E-state index in [1.807, 2.05) is 6.07 Å². The van der Waals surface area contributed by atoms with Crippen molar-refractivity contribution in [3.05, 3.63) is 107 Å². The van der Waals surface area contributed by atoms with E-state index in [4.69, 9.17) is 21.1 Å².